The Kier molecular flexibility index (Phi) is 2.86. The predicted molar refractivity (Wildman–Crippen MR) is 69.2 cm³/mol. The molecule has 0 saturated carbocycles. The number of pyridine rings is 1. The molecule has 3 aromatic heterocycles. The third-order valence-corrected chi connectivity index (χ3v) is 3.03. The maximum absolute atomic E-state index is 5.04. The maximum Gasteiger partial charge on any atom is 0.137 e. The van der Waals surface area contributed by atoms with Crippen molar-refractivity contribution in [1.82, 2.24) is 14.7 Å². The van der Waals surface area contributed by atoms with Gasteiger partial charge in [0.1, 0.15) is 5.65 Å². The average molecular weight is 241 g/mol. The Morgan fingerprint density at radius 3 is 3.06 bits per heavy atom. The molecular formula is C14H15N3O. The summed E-state index contributed by atoms with van der Waals surface area (Å²) in [5.41, 5.74) is 4.42. The number of hydrogen-bond acceptors (Lipinski definition) is 3. The number of aryl methyl sites for hydroxylation is 1. The normalized spacial score (nSPS) is 11.2. The number of fused-ring (bicyclic) bond motifs is 1. The minimum absolute atomic E-state index is 0.794. The van der Waals surface area contributed by atoms with Crippen LogP contribution in [0.25, 0.3) is 5.65 Å². The molecule has 0 spiro atoms. The molecule has 0 aliphatic rings. The van der Waals surface area contributed by atoms with Crippen molar-refractivity contribution >= 4 is 5.65 Å². The summed E-state index contributed by atoms with van der Waals surface area (Å²) in [6.07, 6.45) is 5.50. The highest BCUT2D eigenvalue weighted by Crippen LogP contribution is 2.11. The molecule has 0 aromatic carbocycles. The van der Waals surface area contributed by atoms with Crippen LogP contribution in [0, 0.1) is 6.92 Å². The Bertz CT molecular complexity index is 640. The van der Waals surface area contributed by atoms with Crippen LogP contribution in [-0.4, -0.2) is 9.38 Å². The van der Waals surface area contributed by atoms with Gasteiger partial charge < -0.3 is 14.1 Å². The largest absolute Gasteiger partial charge is 0.472 e. The predicted octanol–water partition coefficient (Wildman–Crippen LogP) is 2.53. The standard InChI is InChI=1S/C14H15N3O/c1-11-13(9-15-8-12-5-7-18-10-12)17-6-3-2-4-14(17)16-11/h2-7,10,15H,8-9H2,1H3. The fourth-order valence-electron chi connectivity index (χ4n) is 2.10. The van der Waals surface area contributed by atoms with Crippen molar-refractivity contribution in [2.75, 3.05) is 0 Å². The molecule has 3 heterocycles. The van der Waals surface area contributed by atoms with Crippen LogP contribution in [-0.2, 0) is 13.1 Å². The Morgan fingerprint density at radius 1 is 1.28 bits per heavy atom. The van der Waals surface area contributed by atoms with E-state index in [1.165, 1.54) is 5.69 Å². The molecule has 3 rings (SSSR count). The Balaban J connectivity index is 1.76. The van der Waals surface area contributed by atoms with Gasteiger partial charge in [-0.15, -0.1) is 0 Å². The molecule has 4 heteroatoms. The van der Waals surface area contributed by atoms with E-state index >= 15 is 0 Å². The lowest BCUT2D eigenvalue weighted by Gasteiger charge is -2.04. The van der Waals surface area contributed by atoms with E-state index in [0.29, 0.717) is 0 Å². The highest BCUT2D eigenvalue weighted by Gasteiger charge is 2.07. The number of rotatable bonds is 4. The van der Waals surface area contributed by atoms with Crippen molar-refractivity contribution in [2.24, 2.45) is 0 Å². The summed E-state index contributed by atoms with van der Waals surface area (Å²) in [7, 11) is 0. The number of aromatic nitrogens is 2. The van der Waals surface area contributed by atoms with Gasteiger partial charge in [0.05, 0.1) is 23.9 Å². The third-order valence-electron chi connectivity index (χ3n) is 3.03. The highest BCUT2D eigenvalue weighted by molar-refractivity contribution is 5.42. The molecule has 0 bridgehead atoms. The summed E-state index contributed by atoms with van der Waals surface area (Å²) >= 11 is 0. The molecule has 1 N–H and O–H groups in total. The first kappa shape index (κ1) is 11.0. The molecule has 18 heavy (non-hydrogen) atoms. The molecule has 0 unspecified atom stereocenters. The number of furan rings is 1. The molecule has 0 aliphatic heterocycles. The van der Waals surface area contributed by atoms with E-state index in [1.54, 1.807) is 12.5 Å². The summed E-state index contributed by atoms with van der Waals surface area (Å²) in [6.45, 7) is 3.64. The van der Waals surface area contributed by atoms with Gasteiger partial charge >= 0.3 is 0 Å². The Morgan fingerprint density at radius 2 is 2.22 bits per heavy atom. The minimum Gasteiger partial charge on any atom is -0.472 e. The van der Waals surface area contributed by atoms with Crippen LogP contribution in [0.5, 0.6) is 0 Å². The lowest BCUT2D eigenvalue weighted by Crippen LogP contribution is -2.14. The molecule has 0 amide bonds. The number of nitrogens with one attached hydrogen (secondary N) is 1. The van der Waals surface area contributed by atoms with Crippen molar-refractivity contribution < 1.29 is 4.42 Å². The fourth-order valence-corrected chi connectivity index (χ4v) is 2.10. The van der Waals surface area contributed by atoms with Gasteiger partial charge in [-0.25, -0.2) is 4.98 Å². The van der Waals surface area contributed by atoms with Crippen LogP contribution in [0.3, 0.4) is 0 Å². The van der Waals surface area contributed by atoms with Crippen LogP contribution in [0.4, 0.5) is 0 Å². The first-order chi connectivity index (χ1) is 8.84. The van der Waals surface area contributed by atoms with Crippen LogP contribution >= 0.6 is 0 Å². The van der Waals surface area contributed by atoms with Gasteiger partial charge in [-0.05, 0) is 25.1 Å². The SMILES string of the molecule is Cc1nc2ccccn2c1CNCc1ccoc1. The summed E-state index contributed by atoms with van der Waals surface area (Å²) < 4.78 is 7.16. The van der Waals surface area contributed by atoms with Gasteiger partial charge in [0.2, 0.25) is 0 Å². The molecule has 0 atom stereocenters. The van der Waals surface area contributed by atoms with E-state index in [0.717, 1.165) is 30.0 Å². The second-order valence-corrected chi connectivity index (χ2v) is 4.31. The second kappa shape index (κ2) is 4.66. The lowest BCUT2D eigenvalue weighted by molar-refractivity contribution is 0.559. The van der Waals surface area contributed by atoms with Crippen LogP contribution in [0.1, 0.15) is 17.0 Å². The summed E-state index contributed by atoms with van der Waals surface area (Å²) in [5, 5.41) is 3.40. The van der Waals surface area contributed by atoms with Crippen molar-refractivity contribution in [3.63, 3.8) is 0 Å². The van der Waals surface area contributed by atoms with Crippen molar-refractivity contribution in [2.45, 2.75) is 20.0 Å². The van der Waals surface area contributed by atoms with Crippen LogP contribution < -0.4 is 5.32 Å². The molecular weight excluding hydrogens is 226 g/mol. The first-order valence-corrected chi connectivity index (χ1v) is 5.99. The molecule has 0 radical (unpaired) electrons. The van der Waals surface area contributed by atoms with Crippen molar-refractivity contribution in [3.05, 3.63) is 59.9 Å². The zero-order chi connectivity index (χ0) is 12.4. The number of imidazole rings is 1. The Hall–Kier alpha value is -2.07. The summed E-state index contributed by atoms with van der Waals surface area (Å²) in [5.74, 6) is 0. The molecule has 0 aliphatic carbocycles. The van der Waals surface area contributed by atoms with E-state index in [9.17, 15) is 0 Å². The van der Waals surface area contributed by atoms with E-state index in [-0.39, 0.29) is 0 Å². The van der Waals surface area contributed by atoms with E-state index < -0.39 is 0 Å². The minimum atomic E-state index is 0.794. The maximum atomic E-state index is 5.04. The smallest absolute Gasteiger partial charge is 0.137 e. The summed E-state index contributed by atoms with van der Waals surface area (Å²) in [6, 6.07) is 8.01. The van der Waals surface area contributed by atoms with Crippen molar-refractivity contribution in [3.8, 4) is 0 Å². The molecule has 92 valence electrons. The number of hydrogen-bond donors (Lipinski definition) is 1. The molecule has 0 fully saturated rings. The average Bonchev–Trinajstić information content (AvgIpc) is 2.98. The monoisotopic (exact) mass is 241 g/mol. The van der Waals surface area contributed by atoms with Gasteiger partial charge in [-0.3, -0.25) is 0 Å². The van der Waals surface area contributed by atoms with Crippen LogP contribution in [0.2, 0.25) is 0 Å². The van der Waals surface area contributed by atoms with E-state index in [1.807, 2.05) is 37.4 Å². The molecule has 4 nitrogen and oxygen atoms in total. The highest BCUT2D eigenvalue weighted by atomic mass is 16.3. The quantitative estimate of drug-likeness (QED) is 0.763. The molecule has 3 aromatic rings. The van der Waals surface area contributed by atoms with Crippen molar-refractivity contribution in [1.29, 1.82) is 0 Å². The zero-order valence-electron chi connectivity index (χ0n) is 10.3. The van der Waals surface area contributed by atoms with Gasteiger partial charge in [-0.2, -0.15) is 0 Å². The number of nitrogens with zero attached hydrogens (tertiary/aromatic N) is 2. The van der Waals surface area contributed by atoms with Gasteiger partial charge in [0, 0.05) is 24.8 Å². The topological polar surface area (TPSA) is 42.5 Å². The third kappa shape index (κ3) is 2.02. The summed E-state index contributed by atoms with van der Waals surface area (Å²) in [4.78, 5) is 4.53. The molecule has 0 saturated heterocycles. The van der Waals surface area contributed by atoms with E-state index in [4.69, 9.17) is 4.42 Å². The van der Waals surface area contributed by atoms with Gasteiger partial charge in [0.15, 0.2) is 0 Å². The van der Waals surface area contributed by atoms with E-state index in [2.05, 4.69) is 14.7 Å². The second-order valence-electron chi connectivity index (χ2n) is 4.31. The first-order valence-electron chi connectivity index (χ1n) is 5.99. The zero-order valence-corrected chi connectivity index (χ0v) is 10.3. The fraction of sp³-hybridized carbons (Fsp3) is 0.214. The van der Waals surface area contributed by atoms with Crippen LogP contribution in [0.15, 0.2) is 47.4 Å². The Labute approximate surface area is 105 Å². The van der Waals surface area contributed by atoms with Gasteiger partial charge in [0.25, 0.3) is 0 Å². The van der Waals surface area contributed by atoms with Gasteiger partial charge in [-0.1, -0.05) is 6.07 Å². The lowest BCUT2D eigenvalue weighted by atomic mass is 10.3.